The second-order valence-electron chi connectivity index (χ2n) is 5.05. The summed E-state index contributed by atoms with van der Waals surface area (Å²) in [5.74, 6) is 0.728. The Morgan fingerprint density at radius 3 is 2.50 bits per heavy atom. The second kappa shape index (κ2) is 8.60. The zero-order valence-electron chi connectivity index (χ0n) is 10.9. The van der Waals surface area contributed by atoms with Crippen molar-refractivity contribution in [3.63, 3.8) is 0 Å². The standard InChI is InChI=1S/C10H23ClN2O3S2/c1-10(2,8-17-9(7-12)13-11)5-3-4-6-18(14,15)16/h9,13H,3-8,12H2,1-2H3,(H,14,15,16). The molecule has 5 nitrogen and oxygen atoms in total. The molecular formula is C10H23ClN2O3S2. The van der Waals surface area contributed by atoms with Crippen LogP contribution in [-0.4, -0.2) is 36.4 Å². The van der Waals surface area contributed by atoms with Crippen molar-refractivity contribution < 1.29 is 13.0 Å². The van der Waals surface area contributed by atoms with Crippen LogP contribution in [0, 0.1) is 5.41 Å². The van der Waals surface area contributed by atoms with Crippen molar-refractivity contribution in [2.45, 2.75) is 38.5 Å². The lowest BCUT2D eigenvalue weighted by Gasteiger charge is -2.26. The number of unbranched alkanes of at least 4 members (excludes halogenated alkanes) is 1. The number of hydrogen-bond donors (Lipinski definition) is 3. The van der Waals surface area contributed by atoms with Crippen molar-refractivity contribution in [3.05, 3.63) is 0 Å². The van der Waals surface area contributed by atoms with Crippen LogP contribution in [0.15, 0.2) is 0 Å². The van der Waals surface area contributed by atoms with Gasteiger partial charge in [0.1, 0.15) is 0 Å². The van der Waals surface area contributed by atoms with E-state index in [1.807, 2.05) is 0 Å². The lowest BCUT2D eigenvalue weighted by Crippen LogP contribution is -2.29. The van der Waals surface area contributed by atoms with Crippen molar-refractivity contribution in [1.82, 2.24) is 4.84 Å². The molecule has 0 rings (SSSR count). The lowest BCUT2D eigenvalue weighted by molar-refractivity contribution is 0.370. The van der Waals surface area contributed by atoms with E-state index in [2.05, 4.69) is 18.7 Å². The number of thioether (sulfide) groups is 1. The predicted octanol–water partition coefficient (Wildman–Crippen LogP) is 1.83. The molecule has 0 aromatic heterocycles. The van der Waals surface area contributed by atoms with Gasteiger partial charge in [0.15, 0.2) is 0 Å². The second-order valence-corrected chi connectivity index (χ2v) is 8.03. The Hall–Kier alpha value is 0.470. The summed E-state index contributed by atoms with van der Waals surface area (Å²) in [5.41, 5.74) is 5.61. The topological polar surface area (TPSA) is 92.4 Å². The van der Waals surface area contributed by atoms with Crippen LogP contribution in [0.3, 0.4) is 0 Å². The molecule has 0 amide bonds. The summed E-state index contributed by atoms with van der Waals surface area (Å²) in [7, 11) is -3.82. The Morgan fingerprint density at radius 2 is 2.06 bits per heavy atom. The van der Waals surface area contributed by atoms with Crippen molar-refractivity contribution in [1.29, 1.82) is 0 Å². The minimum absolute atomic E-state index is 0.0313. The summed E-state index contributed by atoms with van der Waals surface area (Å²) in [6, 6.07) is 0. The highest BCUT2D eigenvalue weighted by Crippen LogP contribution is 2.29. The van der Waals surface area contributed by atoms with Gasteiger partial charge in [-0.3, -0.25) is 4.55 Å². The molecule has 0 aromatic rings. The average molecular weight is 319 g/mol. The summed E-state index contributed by atoms with van der Waals surface area (Å²) in [6.07, 6.45) is 2.16. The van der Waals surface area contributed by atoms with Crippen molar-refractivity contribution in [3.8, 4) is 0 Å². The molecule has 4 N–H and O–H groups in total. The summed E-state index contributed by atoms with van der Waals surface area (Å²) in [6.45, 7) is 4.71. The molecule has 0 saturated heterocycles. The van der Waals surface area contributed by atoms with Crippen LogP contribution in [0.2, 0.25) is 0 Å². The normalized spacial score (nSPS) is 14.7. The van der Waals surface area contributed by atoms with E-state index in [0.717, 1.165) is 18.6 Å². The van der Waals surface area contributed by atoms with E-state index in [4.69, 9.17) is 22.1 Å². The molecule has 0 aliphatic carbocycles. The van der Waals surface area contributed by atoms with Gasteiger partial charge in [-0.1, -0.05) is 20.3 Å². The van der Waals surface area contributed by atoms with E-state index in [0.29, 0.717) is 13.0 Å². The van der Waals surface area contributed by atoms with E-state index >= 15 is 0 Å². The Balaban J connectivity index is 3.86. The number of nitrogens with two attached hydrogens (primary N) is 1. The van der Waals surface area contributed by atoms with Gasteiger partial charge in [0.25, 0.3) is 10.1 Å². The molecule has 0 aromatic carbocycles. The molecule has 110 valence electrons. The molecule has 0 saturated carbocycles. The smallest absolute Gasteiger partial charge is 0.264 e. The molecule has 0 fully saturated rings. The number of rotatable bonds is 10. The molecule has 8 heteroatoms. The van der Waals surface area contributed by atoms with Gasteiger partial charge in [-0.15, -0.1) is 11.8 Å². The molecule has 0 bridgehead atoms. The molecule has 0 heterocycles. The minimum atomic E-state index is -3.82. The van der Waals surface area contributed by atoms with E-state index < -0.39 is 10.1 Å². The highest BCUT2D eigenvalue weighted by molar-refractivity contribution is 7.99. The summed E-state index contributed by atoms with van der Waals surface area (Å²) < 4.78 is 29.7. The van der Waals surface area contributed by atoms with Crippen LogP contribution in [0.1, 0.15) is 33.1 Å². The van der Waals surface area contributed by atoms with Gasteiger partial charge >= 0.3 is 0 Å². The number of halogens is 1. The van der Waals surface area contributed by atoms with Crippen LogP contribution < -0.4 is 10.6 Å². The fourth-order valence-corrected chi connectivity index (χ4v) is 3.27. The average Bonchev–Trinajstić information content (AvgIpc) is 2.25. The third-order valence-electron chi connectivity index (χ3n) is 2.52. The highest BCUT2D eigenvalue weighted by Gasteiger charge is 2.20. The lowest BCUT2D eigenvalue weighted by atomic mass is 9.90. The molecule has 18 heavy (non-hydrogen) atoms. The van der Waals surface area contributed by atoms with Gasteiger partial charge in [0.2, 0.25) is 0 Å². The Morgan fingerprint density at radius 1 is 1.44 bits per heavy atom. The highest BCUT2D eigenvalue weighted by atomic mass is 35.5. The van der Waals surface area contributed by atoms with E-state index in [9.17, 15) is 8.42 Å². The quantitative estimate of drug-likeness (QED) is 0.246. The molecule has 0 aliphatic rings. The van der Waals surface area contributed by atoms with E-state index in [1.165, 1.54) is 0 Å². The zero-order valence-corrected chi connectivity index (χ0v) is 13.2. The first-order valence-electron chi connectivity index (χ1n) is 5.83. The van der Waals surface area contributed by atoms with Gasteiger partial charge in [0, 0.05) is 12.3 Å². The Kier molecular flexibility index (Phi) is 8.83. The first-order chi connectivity index (χ1) is 8.20. The predicted molar refractivity (Wildman–Crippen MR) is 78.3 cm³/mol. The maximum absolute atomic E-state index is 10.6. The molecule has 1 unspecified atom stereocenters. The summed E-state index contributed by atoms with van der Waals surface area (Å²) in [5, 5.41) is 0.0313. The van der Waals surface area contributed by atoms with Gasteiger partial charge < -0.3 is 5.73 Å². The van der Waals surface area contributed by atoms with Crippen LogP contribution in [0.4, 0.5) is 0 Å². The van der Waals surface area contributed by atoms with E-state index in [1.54, 1.807) is 11.8 Å². The molecule has 0 radical (unpaired) electrons. The maximum atomic E-state index is 10.6. The number of nitrogens with one attached hydrogen (secondary N) is 1. The van der Waals surface area contributed by atoms with E-state index in [-0.39, 0.29) is 16.5 Å². The Bertz CT molecular complexity index is 319. The molecule has 0 aliphatic heterocycles. The monoisotopic (exact) mass is 318 g/mol. The maximum Gasteiger partial charge on any atom is 0.264 e. The van der Waals surface area contributed by atoms with Gasteiger partial charge in [-0.2, -0.15) is 8.42 Å². The van der Waals surface area contributed by atoms with Crippen molar-refractivity contribution >= 4 is 33.7 Å². The van der Waals surface area contributed by atoms with Gasteiger partial charge in [0.05, 0.1) is 11.1 Å². The van der Waals surface area contributed by atoms with Crippen LogP contribution in [0.25, 0.3) is 0 Å². The molecule has 0 spiro atoms. The fraction of sp³-hybridized carbons (Fsp3) is 1.00. The van der Waals surface area contributed by atoms with Gasteiger partial charge in [-0.25, -0.2) is 4.84 Å². The third kappa shape index (κ3) is 10.4. The van der Waals surface area contributed by atoms with Crippen LogP contribution in [-0.2, 0) is 10.1 Å². The molecule has 1 atom stereocenters. The first kappa shape index (κ1) is 18.5. The first-order valence-corrected chi connectivity index (χ1v) is 8.87. The fourth-order valence-electron chi connectivity index (χ4n) is 1.43. The summed E-state index contributed by atoms with van der Waals surface area (Å²) in [4.78, 5) is 2.61. The third-order valence-corrected chi connectivity index (χ3v) is 5.38. The Labute approximate surface area is 119 Å². The minimum Gasteiger partial charge on any atom is -0.328 e. The SMILES string of the molecule is CC(C)(CCCCS(=O)(=O)O)CSC(CN)NCl. The van der Waals surface area contributed by atoms with Gasteiger partial charge in [-0.05, 0) is 30.0 Å². The van der Waals surface area contributed by atoms with Crippen LogP contribution in [0.5, 0.6) is 0 Å². The van der Waals surface area contributed by atoms with Crippen molar-refractivity contribution in [2.24, 2.45) is 11.1 Å². The van der Waals surface area contributed by atoms with Crippen LogP contribution >= 0.6 is 23.5 Å². The zero-order chi connectivity index (χ0) is 14.2. The molecular weight excluding hydrogens is 296 g/mol. The van der Waals surface area contributed by atoms with Crippen molar-refractivity contribution in [2.75, 3.05) is 18.1 Å². The number of hydrogen-bond acceptors (Lipinski definition) is 5. The largest absolute Gasteiger partial charge is 0.328 e. The summed E-state index contributed by atoms with van der Waals surface area (Å²) >= 11 is 7.18.